The Kier molecular flexibility index (Phi) is 2.01. The van der Waals surface area contributed by atoms with Crippen LogP contribution < -0.4 is 5.32 Å². The first-order valence-electron chi connectivity index (χ1n) is 4.25. The van der Waals surface area contributed by atoms with Crippen LogP contribution in [0.25, 0.3) is 0 Å². The maximum Gasteiger partial charge on any atom is 0.0175 e. The average molecular weight is 204 g/mol. The Morgan fingerprint density at radius 3 is 2.30 bits per heavy atom. The van der Waals surface area contributed by atoms with E-state index >= 15 is 0 Å². The first-order chi connectivity index (χ1) is 4.84. The molecule has 2 aliphatic rings. The molecule has 0 aromatic carbocycles. The van der Waals surface area contributed by atoms with E-state index in [1.807, 2.05) is 0 Å². The lowest BCUT2D eigenvalue weighted by Gasteiger charge is -2.38. The number of hydrogen-bond donors (Lipinski definition) is 1. The van der Waals surface area contributed by atoms with Gasteiger partial charge in [-0.1, -0.05) is 22.4 Å². The van der Waals surface area contributed by atoms with Crippen LogP contribution >= 0.6 is 15.9 Å². The Bertz CT molecular complexity index is 110. The van der Waals surface area contributed by atoms with E-state index in [2.05, 4.69) is 21.2 Å². The fourth-order valence-corrected chi connectivity index (χ4v) is 3.10. The molecule has 2 aliphatic heterocycles. The Morgan fingerprint density at radius 1 is 1.10 bits per heavy atom. The summed E-state index contributed by atoms with van der Waals surface area (Å²) in [6, 6.07) is 1.66. The SMILES string of the molecule is BrC1CC2CCCC(C1)N2. The molecule has 0 spiro atoms. The van der Waals surface area contributed by atoms with Crippen LogP contribution in [0.2, 0.25) is 0 Å². The minimum absolute atomic E-state index is 0.795. The molecule has 2 atom stereocenters. The van der Waals surface area contributed by atoms with Gasteiger partial charge in [-0.25, -0.2) is 0 Å². The highest BCUT2D eigenvalue weighted by Crippen LogP contribution is 2.29. The van der Waals surface area contributed by atoms with Gasteiger partial charge in [0.25, 0.3) is 0 Å². The molecule has 2 heterocycles. The fraction of sp³-hybridized carbons (Fsp3) is 1.00. The van der Waals surface area contributed by atoms with Crippen molar-refractivity contribution in [1.82, 2.24) is 5.32 Å². The summed E-state index contributed by atoms with van der Waals surface area (Å²) < 4.78 is 0. The molecule has 2 fully saturated rings. The van der Waals surface area contributed by atoms with Crippen molar-refractivity contribution in [2.45, 2.75) is 49.0 Å². The maximum absolute atomic E-state index is 3.70. The van der Waals surface area contributed by atoms with Gasteiger partial charge in [-0.3, -0.25) is 0 Å². The highest BCUT2D eigenvalue weighted by molar-refractivity contribution is 9.09. The molecule has 2 saturated heterocycles. The third-order valence-corrected chi connectivity index (χ3v) is 3.40. The smallest absolute Gasteiger partial charge is 0.0175 e. The van der Waals surface area contributed by atoms with Gasteiger partial charge in [0.15, 0.2) is 0 Å². The number of fused-ring (bicyclic) bond motifs is 2. The summed E-state index contributed by atoms with van der Waals surface area (Å²) in [6.45, 7) is 0. The first kappa shape index (κ1) is 7.11. The van der Waals surface area contributed by atoms with E-state index in [0.717, 1.165) is 16.9 Å². The van der Waals surface area contributed by atoms with E-state index in [1.165, 1.54) is 32.1 Å². The fourth-order valence-electron chi connectivity index (χ4n) is 2.20. The zero-order valence-corrected chi connectivity index (χ0v) is 7.73. The number of nitrogens with one attached hydrogen (secondary N) is 1. The van der Waals surface area contributed by atoms with E-state index < -0.39 is 0 Å². The topological polar surface area (TPSA) is 12.0 Å². The van der Waals surface area contributed by atoms with Crippen molar-refractivity contribution in [3.8, 4) is 0 Å². The highest BCUT2D eigenvalue weighted by Gasteiger charge is 2.29. The van der Waals surface area contributed by atoms with Crippen LogP contribution in [0.3, 0.4) is 0 Å². The highest BCUT2D eigenvalue weighted by atomic mass is 79.9. The van der Waals surface area contributed by atoms with Gasteiger partial charge in [0.05, 0.1) is 0 Å². The van der Waals surface area contributed by atoms with Gasteiger partial charge in [-0.15, -0.1) is 0 Å². The van der Waals surface area contributed by atoms with Gasteiger partial charge >= 0.3 is 0 Å². The van der Waals surface area contributed by atoms with Crippen molar-refractivity contribution in [3.63, 3.8) is 0 Å². The van der Waals surface area contributed by atoms with Crippen LogP contribution in [-0.2, 0) is 0 Å². The summed E-state index contributed by atoms with van der Waals surface area (Å²) >= 11 is 3.70. The maximum atomic E-state index is 3.70. The minimum Gasteiger partial charge on any atom is -0.311 e. The summed E-state index contributed by atoms with van der Waals surface area (Å²) in [5, 5.41) is 3.65. The molecular weight excluding hydrogens is 190 g/mol. The lowest BCUT2D eigenvalue weighted by atomic mass is 9.87. The Hall–Kier alpha value is 0.440. The summed E-state index contributed by atoms with van der Waals surface area (Å²) in [4.78, 5) is 0.795. The quantitative estimate of drug-likeness (QED) is 0.595. The van der Waals surface area contributed by atoms with Crippen molar-refractivity contribution in [1.29, 1.82) is 0 Å². The Balaban J connectivity index is 1.98. The number of hydrogen-bond acceptors (Lipinski definition) is 1. The number of piperidine rings is 2. The molecule has 0 aromatic rings. The molecule has 2 heteroatoms. The average Bonchev–Trinajstić information content (AvgIpc) is 1.85. The molecule has 58 valence electrons. The largest absolute Gasteiger partial charge is 0.311 e. The molecule has 0 amide bonds. The lowest BCUT2D eigenvalue weighted by molar-refractivity contribution is 0.251. The zero-order chi connectivity index (χ0) is 6.97. The second kappa shape index (κ2) is 2.82. The van der Waals surface area contributed by atoms with Gasteiger partial charge in [0.2, 0.25) is 0 Å². The van der Waals surface area contributed by atoms with Crippen LogP contribution in [0, 0.1) is 0 Å². The number of rotatable bonds is 0. The van der Waals surface area contributed by atoms with Crippen molar-refractivity contribution >= 4 is 15.9 Å². The predicted molar refractivity (Wildman–Crippen MR) is 46.5 cm³/mol. The summed E-state index contributed by atoms with van der Waals surface area (Å²) in [7, 11) is 0. The summed E-state index contributed by atoms with van der Waals surface area (Å²) in [5.41, 5.74) is 0. The first-order valence-corrected chi connectivity index (χ1v) is 5.16. The van der Waals surface area contributed by atoms with Crippen LogP contribution in [0.5, 0.6) is 0 Å². The summed E-state index contributed by atoms with van der Waals surface area (Å²) in [6.07, 6.45) is 6.94. The molecule has 10 heavy (non-hydrogen) atoms. The van der Waals surface area contributed by atoms with Gasteiger partial charge in [0.1, 0.15) is 0 Å². The van der Waals surface area contributed by atoms with Gasteiger partial charge in [-0.2, -0.15) is 0 Å². The Morgan fingerprint density at radius 2 is 1.70 bits per heavy atom. The second-order valence-electron chi connectivity index (χ2n) is 3.56. The Labute approximate surface area is 70.7 Å². The van der Waals surface area contributed by atoms with Gasteiger partial charge in [-0.05, 0) is 25.7 Å². The third kappa shape index (κ3) is 1.37. The molecule has 0 aromatic heterocycles. The number of alkyl halides is 1. The van der Waals surface area contributed by atoms with E-state index in [0.29, 0.717) is 0 Å². The molecule has 0 saturated carbocycles. The van der Waals surface area contributed by atoms with Crippen molar-refractivity contribution in [3.05, 3.63) is 0 Å². The molecule has 0 aliphatic carbocycles. The molecule has 1 nitrogen and oxygen atoms in total. The molecule has 2 unspecified atom stereocenters. The summed E-state index contributed by atoms with van der Waals surface area (Å²) in [5.74, 6) is 0. The van der Waals surface area contributed by atoms with E-state index in [-0.39, 0.29) is 0 Å². The van der Waals surface area contributed by atoms with Crippen molar-refractivity contribution in [2.24, 2.45) is 0 Å². The molecular formula is C8H14BrN. The minimum atomic E-state index is 0.795. The van der Waals surface area contributed by atoms with Crippen molar-refractivity contribution in [2.75, 3.05) is 0 Å². The van der Waals surface area contributed by atoms with Gasteiger partial charge in [0, 0.05) is 16.9 Å². The van der Waals surface area contributed by atoms with E-state index in [9.17, 15) is 0 Å². The normalized spacial score (nSPS) is 47.1. The van der Waals surface area contributed by atoms with Crippen LogP contribution in [0.15, 0.2) is 0 Å². The lowest BCUT2D eigenvalue weighted by Crippen LogP contribution is -2.48. The van der Waals surface area contributed by atoms with E-state index in [4.69, 9.17) is 0 Å². The van der Waals surface area contributed by atoms with Gasteiger partial charge < -0.3 is 5.32 Å². The second-order valence-corrected chi connectivity index (χ2v) is 4.86. The molecule has 1 N–H and O–H groups in total. The standard InChI is InChI=1S/C8H14BrN/c9-6-4-7-2-1-3-8(5-6)10-7/h6-8,10H,1-5H2. The van der Waals surface area contributed by atoms with Crippen LogP contribution in [0.1, 0.15) is 32.1 Å². The molecule has 2 rings (SSSR count). The predicted octanol–water partition coefficient (Wildman–Crippen LogP) is 2.05. The third-order valence-electron chi connectivity index (χ3n) is 2.66. The molecule has 0 radical (unpaired) electrons. The number of halogens is 1. The molecule has 2 bridgehead atoms. The van der Waals surface area contributed by atoms with Crippen molar-refractivity contribution < 1.29 is 0 Å². The van der Waals surface area contributed by atoms with Crippen LogP contribution in [-0.4, -0.2) is 16.9 Å². The van der Waals surface area contributed by atoms with E-state index in [1.54, 1.807) is 0 Å². The van der Waals surface area contributed by atoms with Crippen LogP contribution in [0.4, 0.5) is 0 Å². The monoisotopic (exact) mass is 203 g/mol. The zero-order valence-electron chi connectivity index (χ0n) is 6.15.